The highest BCUT2D eigenvalue weighted by atomic mass is 16.1. The number of nitrogens with one attached hydrogen (secondary N) is 2. The minimum Gasteiger partial charge on any atom is -0.359 e. The van der Waals surface area contributed by atoms with E-state index in [2.05, 4.69) is 15.3 Å². The van der Waals surface area contributed by atoms with Crippen LogP contribution in [0.15, 0.2) is 24.5 Å². The highest BCUT2D eigenvalue weighted by Gasteiger charge is 2.25. The fourth-order valence-electron chi connectivity index (χ4n) is 1.62. The van der Waals surface area contributed by atoms with Crippen molar-refractivity contribution in [3.63, 3.8) is 0 Å². The van der Waals surface area contributed by atoms with Gasteiger partial charge in [-0.25, -0.2) is 0 Å². The summed E-state index contributed by atoms with van der Waals surface area (Å²) in [6, 6.07) is 4.14. The van der Waals surface area contributed by atoms with E-state index in [1.165, 1.54) is 0 Å². The van der Waals surface area contributed by atoms with Gasteiger partial charge in [-0.2, -0.15) is 0 Å². The lowest BCUT2D eigenvalue weighted by molar-refractivity contribution is 0.0952. The third kappa shape index (κ3) is 1.48. The van der Waals surface area contributed by atoms with Crippen molar-refractivity contribution < 1.29 is 4.79 Å². The van der Waals surface area contributed by atoms with Crippen LogP contribution in [0, 0.1) is 0 Å². The summed E-state index contributed by atoms with van der Waals surface area (Å²) in [5, 5.41) is 2.95. The molecule has 3 rings (SSSR count). The van der Waals surface area contributed by atoms with Crippen LogP contribution in [0.5, 0.6) is 0 Å². The first-order valence-corrected chi connectivity index (χ1v) is 5.07. The van der Waals surface area contributed by atoms with E-state index < -0.39 is 0 Å². The molecule has 2 aromatic heterocycles. The third-order valence-corrected chi connectivity index (χ3v) is 2.59. The number of hydrogen-bond acceptors (Lipinski definition) is 2. The monoisotopic (exact) mass is 201 g/mol. The van der Waals surface area contributed by atoms with E-state index in [9.17, 15) is 4.79 Å². The number of nitrogens with zero attached hydrogens (tertiary/aromatic N) is 1. The predicted molar refractivity (Wildman–Crippen MR) is 56.6 cm³/mol. The van der Waals surface area contributed by atoms with Crippen molar-refractivity contribution >= 4 is 16.9 Å². The molecule has 0 saturated heterocycles. The second kappa shape index (κ2) is 3.08. The second-order valence-electron chi connectivity index (χ2n) is 3.85. The molecular formula is C11H11N3O. The first-order valence-electron chi connectivity index (χ1n) is 5.07. The molecule has 2 N–H and O–H groups in total. The summed E-state index contributed by atoms with van der Waals surface area (Å²) < 4.78 is 0. The second-order valence-corrected chi connectivity index (χ2v) is 3.85. The van der Waals surface area contributed by atoms with Gasteiger partial charge in [-0.3, -0.25) is 9.78 Å². The molecule has 15 heavy (non-hydrogen) atoms. The summed E-state index contributed by atoms with van der Waals surface area (Å²) in [6.45, 7) is 0. The zero-order valence-electron chi connectivity index (χ0n) is 8.16. The van der Waals surface area contributed by atoms with Crippen LogP contribution in [0.2, 0.25) is 0 Å². The van der Waals surface area contributed by atoms with Crippen LogP contribution in [-0.2, 0) is 0 Å². The highest BCUT2D eigenvalue weighted by molar-refractivity contribution is 6.05. The Morgan fingerprint density at radius 1 is 1.53 bits per heavy atom. The lowest BCUT2D eigenvalue weighted by atomic mass is 10.2. The largest absolute Gasteiger partial charge is 0.359 e. The molecule has 2 heterocycles. The van der Waals surface area contributed by atoms with Gasteiger partial charge in [0, 0.05) is 18.4 Å². The maximum absolute atomic E-state index is 11.8. The summed E-state index contributed by atoms with van der Waals surface area (Å²) in [5.41, 5.74) is 2.28. The first kappa shape index (κ1) is 8.47. The van der Waals surface area contributed by atoms with E-state index in [4.69, 9.17) is 0 Å². The molecule has 0 bridgehead atoms. The Kier molecular flexibility index (Phi) is 1.74. The maximum Gasteiger partial charge on any atom is 0.255 e. The molecular weight excluding hydrogens is 190 g/mol. The Morgan fingerprint density at radius 2 is 2.40 bits per heavy atom. The molecule has 1 amide bonds. The SMILES string of the molecule is O=C(NC1CC1)c1c[nH]c2cccnc12. The van der Waals surface area contributed by atoms with Crippen molar-refractivity contribution in [3.8, 4) is 0 Å². The number of hydrogen-bond donors (Lipinski definition) is 2. The van der Waals surface area contributed by atoms with Crippen molar-refractivity contribution in [2.24, 2.45) is 0 Å². The fourth-order valence-corrected chi connectivity index (χ4v) is 1.62. The molecule has 0 spiro atoms. The minimum atomic E-state index is -0.0255. The van der Waals surface area contributed by atoms with Gasteiger partial charge in [-0.1, -0.05) is 0 Å². The Hall–Kier alpha value is -1.84. The van der Waals surface area contributed by atoms with Gasteiger partial charge in [0.2, 0.25) is 0 Å². The van der Waals surface area contributed by atoms with Gasteiger partial charge in [0.1, 0.15) is 5.52 Å². The van der Waals surface area contributed by atoms with Crippen LogP contribution in [0.3, 0.4) is 0 Å². The first-order chi connectivity index (χ1) is 7.34. The van der Waals surface area contributed by atoms with Gasteiger partial charge in [-0.15, -0.1) is 0 Å². The average molecular weight is 201 g/mol. The average Bonchev–Trinajstić information content (AvgIpc) is 2.96. The molecule has 2 aromatic rings. The van der Waals surface area contributed by atoms with E-state index in [-0.39, 0.29) is 5.91 Å². The molecule has 1 aliphatic rings. The maximum atomic E-state index is 11.8. The Labute approximate surface area is 86.7 Å². The van der Waals surface area contributed by atoms with Crippen LogP contribution >= 0.6 is 0 Å². The summed E-state index contributed by atoms with van der Waals surface area (Å²) in [7, 11) is 0. The highest BCUT2D eigenvalue weighted by Crippen LogP contribution is 2.21. The van der Waals surface area contributed by atoms with Crippen LogP contribution in [0.25, 0.3) is 11.0 Å². The Bertz CT molecular complexity index is 513. The van der Waals surface area contributed by atoms with Crippen LogP contribution < -0.4 is 5.32 Å². The van der Waals surface area contributed by atoms with Gasteiger partial charge in [0.15, 0.2) is 0 Å². The Balaban J connectivity index is 1.98. The molecule has 0 atom stereocenters. The van der Waals surface area contributed by atoms with Crippen LogP contribution in [-0.4, -0.2) is 21.9 Å². The van der Waals surface area contributed by atoms with E-state index in [0.29, 0.717) is 11.6 Å². The number of carbonyl (C=O) groups excluding carboxylic acids is 1. The quantitative estimate of drug-likeness (QED) is 0.772. The number of carbonyl (C=O) groups is 1. The van der Waals surface area contributed by atoms with Crippen molar-refractivity contribution in [2.75, 3.05) is 0 Å². The van der Waals surface area contributed by atoms with Gasteiger partial charge >= 0.3 is 0 Å². The van der Waals surface area contributed by atoms with Crippen molar-refractivity contribution in [3.05, 3.63) is 30.1 Å². The summed E-state index contributed by atoms with van der Waals surface area (Å²) >= 11 is 0. The molecule has 4 nitrogen and oxygen atoms in total. The number of pyridine rings is 1. The lowest BCUT2D eigenvalue weighted by Gasteiger charge is -2.00. The number of H-pyrrole nitrogens is 1. The van der Waals surface area contributed by atoms with Crippen LogP contribution in [0.1, 0.15) is 23.2 Å². The molecule has 0 unspecified atom stereocenters. The summed E-state index contributed by atoms with van der Waals surface area (Å²) in [6.07, 6.45) is 5.61. The van der Waals surface area contributed by atoms with E-state index in [1.807, 2.05) is 12.1 Å². The van der Waals surface area contributed by atoms with Gasteiger partial charge in [-0.05, 0) is 25.0 Å². The molecule has 4 heteroatoms. The summed E-state index contributed by atoms with van der Waals surface area (Å²) in [5.74, 6) is -0.0255. The topological polar surface area (TPSA) is 57.8 Å². The zero-order chi connectivity index (χ0) is 10.3. The Morgan fingerprint density at radius 3 is 3.20 bits per heavy atom. The number of fused-ring (bicyclic) bond motifs is 1. The van der Waals surface area contributed by atoms with Gasteiger partial charge < -0.3 is 10.3 Å². The van der Waals surface area contributed by atoms with Gasteiger partial charge in [0.25, 0.3) is 5.91 Å². The molecule has 0 aromatic carbocycles. The third-order valence-electron chi connectivity index (χ3n) is 2.59. The van der Waals surface area contributed by atoms with E-state index in [1.54, 1.807) is 12.4 Å². The number of aromatic amines is 1. The lowest BCUT2D eigenvalue weighted by Crippen LogP contribution is -2.25. The summed E-state index contributed by atoms with van der Waals surface area (Å²) in [4.78, 5) is 19.0. The van der Waals surface area contributed by atoms with E-state index in [0.717, 1.165) is 23.9 Å². The van der Waals surface area contributed by atoms with Crippen molar-refractivity contribution in [1.82, 2.24) is 15.3 Å². The molecule has 0 radical (unpaired) electrons. The van der Waals surface area contributed by atoms with Crippen molar-refractivity contribution in [2.45, 2.75) is 18.9 Å². The normalized spacial score (nSPS) is 15.5. The van der Waals surface area contributed by atoms with E-state index >= 15 is 0 Å². The standard InChI is InChI=1S/C11H11N3O/c15-11(14-7-3-4-7)8-6-13-9-2-1-5-12-10(8)9/h1-2,5-7,13H,3-4H2,(H,14,15). The smallest absolute Gasteiger partial charge is 0.255 e. The molecule has 1 saturated carbocycles. The van der Waals surface area contributed by atoms with Crippen LogP contribution in [0.4, 0.5) is 0 Å². The minimum absolute atomic E-state index is 0.0255. The molecule has 1 fully saturated rings. The fraction of sp³-hybridized carbons (Fsp3) is 0.273. The molecule has 0 aliphatic heterocycles. The number of aromatic nitrogens is 2. The van der Waals surface area contributed by atoms with Gasteiger partial charge in [0.05, 0.1) is 11.1 Å². The number of rotatable bonds is 2. The predicted octanol–water partition coefficient (Wildman–Crippen LogP) is 1.46. The number of amides is 1. The van der Waals surface area contributed by atoms with Crippen molar-refractivity contribution in [1.29, 1.82) is 0 Å². The molecule has 76 valence electrons. The molecule has 1 aliphatic carbocycles. The zero-order valence-corrected chi connectivity index (χ0v) is 8.16.